The molecule has 0 unspecified atom stereocenters. The zero-order chi connectivity index (χ0) is 16.0. The molecule has 21 heavy (non-hydrogen) atoms. The van der Waals surface area contributed by atoms with Crippen LogP contribution in [-0.2, 0) is 23.8 Å². The molecule has 1 N–H and O–H groups in total. The second kappa shape index (κ2) is 7.40. The summed E-state index contributed by atoms with van der Waals surface area (Å²) in [4.78, 5) is 34.7. The summed E-state index contributed by atoms with van der Waals surface area (Å²) in [6.07, 6.45) is -1.21. The monoisotopic (exact) mass is 301 g/mol. The summed E-state index contributed by atoms with van der Waals surface area (Å²) in [5.41, 5.74) is -0.581. The van der Waals surface area contributed by atoms with E-state index < -0.39 is 23.8 Å². The van der Waals surface area contributed by atoms with Crippen LogP contribution in [-0.4, -0.2) is 48.8 Å². The van der Waals surface area contributed by atoms with Crippen LogP contribution in [0.25, 0.3) is 0 Å². The maximum absolute atomic E-state index is 11.8. The highest BCUT2D eigenvalue weighted by Gasteiger charge is 2.33. The van der Waals surface area contributed by atoms with E-state index in [0.717, 1.165) is 0 Å². The van der Waals surface area contributed by atoms with Crippen LogP contribution < -0.4 is 5.32 Å². The zero-order valence-corrected chi connectivity index (χ0v) is 12.9. The van der Waals surface area contributed by atoms with Crippen LogP contribution in [0.1, 0.15) is 40.5 Å². The predicted molar refractivity (Wildman–Crippen MR) is 73.8 cm³/mol. The number of rotatable bonds is 5. The molecule has 1 amide bonds. The van der Waals surface area contributed by atoms with Gasteiger partial charge in [-0.2, -0.15) is 0 Å². The van der Waals surface area contributed by atoms with Crippen molar-refractivity contribution in [3.05, 3.63) is 0 Å². The first kappa shape index (κ1) is 17.4. The fourth-order valence-corrected chi connectivity index (χ4v) is 1.89. The molecule has 0 aromatic carbocycles. The minimum absolute atomic E-state index is 0.221. The lowest BCUT2D eigenvalue weighted by Crippen LogP contribution is -2.39. The Labute approximate surface area is 124 Å². The van der Waals surface area contributed by atoms with Gasteiger partial charge in [0.25, 0.3) is 0 Å². The Morgan fingerprint density at radius 1 is 1.29 bits per heavy atom. The Kier molecular flexibility index (Phi) is 6.14. The summed E-state index contributed by atoms with van der Waals surface area (Å²) in [6, 6.07) is -0.295. The topological polar surface area (TPSA) is 90.9 Å². The van der Waals surface area contributed by atoms with Crippen molar-refractivity contribution in [2.45, 2.75) is 58.3 Å². The van der Waals surface area contributed by atoms with Crippen LogP contribution in [0.2, 0.25) is 0 Å². The van der Waals surface area contributed by atoms with Gasteiger partial charge in [0.15, 0.2) is 5.78 Å². The number of carbonyl (C=O) groups excluding carboxylic acids is 3. The number of carbonyl (C=O) groups is 3. The fourth-order valence-electron chi connectivity index (χ4n) is 1.89. The first-order valence-corrected chi connectivity index (χ1v) is 7.00. The molecule has 1 saturated heterocycles. The second-order valence-corrected chi connectivity index (χ2v) is 5.85. The third-order valence-electron chi connectivity index (χ3n) is 2.70. The van der Waals surface area contributed by atoms with Gasteiger partial charge in [0.1, 0.15) is 18.1 Å². The lowest BCUT2D eigenvalue weighted by atomic mass is 10.1. The minimum Gasteiger partial charge on any atom is -0.466 e. The Morgan fingerprint density at radius 3 is 2.52 bits per heavy atom. The van der Waals surface area contributed by atoms with Crippen molar-refractivity contribution < 1.29 is 28.6 Å². The van der Waals surface area contributed by atoms with Crippen molar-refractivity contribution in [1.82, 2.24) is 5.32 Å². The Hall–Kier alpha value is -1.63. The van der Waals surface area contributed by atoms with Crippen LogP contribution >= 0.6 is 0 Å². The largest absolute Gasteiger partial charge is 0.466 e. The summed E-state index contributed by atoms with van der Waals surface area (Å²) < 4.78 is 15.2. The SMILES string of the molecule is CCOC(=O)CC(=O)[C@H]1C[C@@H](NC(=O)OC(C)(C)C)CO1. The maximum atomic E-state index is 11.8. The van der Waals surface area contributed by atoms with Gasteiger partial charge in [-0.3, -0.25) is 9.59 Å². The van der Waals surface area contributed by atoms with Gasteiger partial charge in [-0.1, -0.05) is 0 Å². The molecule has 1 fully saturated rings. The summed E-state index contributed by atoms with van der Waals surface area (Å²) in [7, 11) is 0. The van der Waals surface area contributed by atoms with Gasteiger partial charge in [0.05, 0.1) is 19.3 Å². The van der Waals surface area contributed by atoms with E-state index in [0.29, 0.717) is 6.42 Å². The van der Waals surface area contributed by atoms with E-state index in [9.17, 15) is 14.4 Å². The number of alkyl carbamates (subject to hydrolysis) is 1. The molecule has 0 spiro atoms. The zero-order valence-electron chi connectivity index (χ0n) is 12.9. The molecular weight excluding hydrogens is 278 g/mol. The number of amides is 1. The highest BCUT2D eigenvalue weighted by atomic mass is 16.6. The van der Waals surface area contributed by atoms with E-state index in [1.807, 2.05) is 0 Å². The van der Waals surface area contributed by atoms with Gasteiger partial charge in [-0.05, 0) is 27.7 Å². The van der Waals surface area contributed by atoms with E-state index in [-0.39, 0.29) is 31.5 Å². The van der Waals surface area contributed by atoms with E-state index in [1.54, 1.807) is 27.7 Å². The molecule has 7 nitrogen and oxygen atoms in total. The molecule has 7 heteroatoms. The van der Waals surface area contributed by atoms with Gasteiger partial charge < -0.3 is 19.5 Å². The van der Waals surface area contributed by atoms with Crippen molar-refractivity contribution in [1.29, 1.82) is 0 Å². The van der Waals surface area contributed by atoms with E-state index >= 15 is 0 Å². The highest BCUT2D eigenvalue weighted by Crippen LogP contribution is 2.16. The highest BCUT2D eigenvalue weighted by molar-refractivity contribution is 5.98. The molecule has 0 saturated carbocycles. The third kappa shape index (κ3) is 6.57. The molecule has 0 radical (unpaired) electrons. The number of hydrogen-bond donors (Lipinski definition) is 1. The molecule has 1 rings (SSSR count). The van der Waals surface area contributed by atoms with Gasteiger partial charge >= 0.3 is 12.1 Å². The van der Waals surface area contributed by atoms with Gasteiger partial charge in [-0.25, -0.2) is 4.79 Å². The molecule has 2 atom stereocenters. The Morgan fingerprint density at radius 2 is 1.95 bits per heavy atom. The maximum Gasteiger partial charge on any atom is 0.407 e. The average Bonchev–Trinajstić information content (AvgIpc) is 2.74. The molecule has 0 aromatic heterocycles. The normalized spacial score (nSPS) is 21.7. The first-order chi connectivity index (χ1) is 9.71. The van der Waals surface area contributed by atoms with Crippen molar-refractivity contribution in [2.75, 3.05) is 13.2 Å². The summed E-state index contributed by atoms with van der Waals surface area (Å²) in [6.45, 7) is 7.43. The molecule has 1 aliphatic heterocycles. The molecule has 0 bridgehead atoms. The van der Waals surface area contributed by atoms with E-state index in [1.165, 1.54) is 0 Å². The Balaban J connectivity index is 2.37. The Bertz CT molecular complexity index is 401. The number of nitrogens with one attached hydrogen (secondary N) is 1. The second-order valence-electron chi connectivity index (χ2n) is 5.85. The quantitative estimate of drug-likeness (QED) is 0.606. The van der Waals surface area contributed by atoms with Gasteiger partial charge in [-0.15, -0.1) is 0 Å². The molecular formula is C14H23NO6. The number of hydrogen-bond acceptors (Lipinski definition) is 6. The summed E-state index contributed by atoms with van der Waals surface area (Å²) >= 11 is 0. The molecule has 1 heterocycles. The number of esters is 1. The van der Waals surface area contributed by atoms with Crippen LogP contribution in [0.5, 0.6) is 0 Å². The molecule has 120 valence electrons. The average molecular weight is 301 g/mol. The smallest absolute Gasteiger partial charge is 0.407 e. The van der Waals surface area contributed by atoms with E-state index in [2.05, 4.69) is 5.32 Å². The van der Waals surface area contributed by atoms with Crippen LogP contribution in [0, 0.1) is 0 Å². The van der Waals surface area contributed by atoms with Crippen molar-refractivity contribution in [3.63, 3.8) is 0 Å². The standard InChI is InChI=1S/C14H23NO6/c1-5-19-12(17)7-10(16)11-6-9(8-20-11)15-13(18)21-14(2,3)4/h9,11H,5-8H2,1-4H3,(H,15,18)/t9-,11-/m1/s1. The predicted octanol–water partition coefficient (Wildman–Crippen LogP) is 1.19. The number of Topliss-reactive ketones (excluding diaryl/α,β-unsaturated/α-hetero) is 1. The van der Waals surface area contributed by atoms with Crippen LogP contribution in [0.15, 0.2) is 0 Å². The summed E-state index contributed by atoms with van der Waals surface area (Å²) in [5.74, 6) is -0.892. The molecule has 0 aliphatic carbocycles. The van der Waals surface area contributed by atoms with Gasteiger partial charge in [0.2, 0.25) is 0 Å². The first-order valence-electron chi connectivity index (χ1n) is 7.00. The third-order valence-corrected chi connectivity index (χ3v) is 2.70. The molecule has 0 aromatic rings. The summed E-state index contributed by atoms with van der Waals surface area (Å²) in [5, 5.41) is 2.64. The van der Waals surface area contributed by atoms with Crippen LogP contribution in [0.4, 0.5) is 4.79 Å². The van der Waals surface area contributed by atoms with Crippen LogP contribution in [0.3, 0.4) is 0 Å². The van der Waals surface area contributed by atoms with E-state index in [4.69, 9.17) is 14.2 Å². The molecule has 1 aliphatic rings. The lowest BCUT2D eigenvalue weighted by molar-refractivity contribution is -0.147. The lowest BCUT2D eigenvalue weighted by Gasteiger charge is -2.21. The number of ketones is 1. The number of ether oxygens (including phenoxy) is 3. The minimum atomic E-state index is -0.686. The van der Waals surface area contributed by atoms with Crippen molar-refractivity contribution in [3.8, 4) is 0 Å². The van der Waals surface area contributed by atoms with Crippen molar-refractivity contribution in [2.24, 2.45) is 0 Å². The van der Waals surface area contributed by atoms with Crippen molar-refractivity contribution >= 4 is 17.8 Å². The fraction of sp³-hybridized carbons (Fsp3) is 0.786. The van der Waals surface area contributed by atoms with Gasteiger partial charge in [0, 0.05) is 6.42 Å².